The fraction of sp³-hybridized carbons (Fsp3) is 0.348. The van der Waals surface area contributed by atoms with Gasteiger partial charge >= 0.3 is 12.0 Å². The van der Waals surface area contributed by atoms with Gasteiger partial charge in [0, 0.05) is 30.6 Å². The highest BCUT2D eigenvalue weighted by atomic mass is 32.2. The Bertz CT molecular complexity index is 1280. The van der Waals surface area contributed by atoms with E-state index in [1.165, 1.54) is 0 Å². The summed E-state index contributed by atoms with van der Waals surface area (Å²) in [5, 5.41) is 11.5. The minimum absolute atomic E-state index is 0.00151. The molecule has 0 amide bonds. The zero-order chi connectivity index (χ0) is 24.7. The lowest BCUT2D eigenvalue weighted by atomic mass is 9.66. The van der Waals surface area contributed by atoms with Crippen molar-refractivity contribution in [2.45, 2.75) is 36.8 Å². The topological polar surface area (TPSA) is 102 Å². The maximum Gasteiger partial charge on any atom is 0.416 e. The third-order valence-corrected chi connectivity index (χ3v) is 8.37. The number of piperidine rings is 1. The Morgan fingerprint density at radius 2 is 1.82 bits per heavy atom. The monoisotopic (exact) mass is 495 g/mol. The maximum atomic E-state index is 13.5. The van der Waals surface area contributed by atoms with Crippen molar-refractivity contribution in [3.8, 4) is 0 Å². The van der Waals surface area contributed by atoms with Crippen molar-refractivity contribution < 1.29 is 31.3 Å². The van der Waals surface area contributed by atoms with Crippen LogP contribution >= 0.6 is 0 Å². The Kier molecular flexibility index (Phi) is 6.11. The zero-order valence-electron chi connectivity index (χ0n) is 18.0. The second-order valence-electron chi connectivity index (χ2n) is 8.63. The lowest BCUT2D eigenvalue weighted by molar-refractivity contribution is -0.388. The molecule has 1 heterocycles. The average Bonchev–Trinajstić information content (AvgIpc) is 2.78. The lowest BCUT2D eigenvalue weighted by Crippen LogP contribution is -2.49. The number of nitrogens with zero attached hydrogens (tertiary/aromatic N) is 2. The van der Waals surface area contributed by atoms with Gasteiger partial charge in [0.1, 0.15) is 0 Å². The van der Waals surface area contributed by atoms with Crippen LogP contribution in [-0.2, 0) is 22.6 Å². The molecule has 0 saturated carbocycles. The number of nitro groups is 1. The van der Waals surface area contributed by atoms with E-state index in [0.717, 1.165) is 15.4 Å². The van der Waals surface area contributed by atoms with Gasteiger partial charge in [0.25, 0.3) is 5.69 Å². The summed E-state index contributed by atoms with van der Waals surface area (Å²) >= 11 is 0. The van der Waals surface area contributed by atoms with E-state index >= 15 is 0 Å². The number of hydrogen-bond acceptors (Lipinski definition) is 4. The number of alkyl halides is 3. The van der Waals surface area contributed by atoms with Gasteiger partial charge in [-0.25, -0.2) is 8.42 Å². The summed E-state index contributed by atoms with van der Waals surface area (Å²) in [4.78, 5) is 19.7. The van der Waals surface area contributed by atoms with Crippen molar-refractivity contribution in [1.29, 1.82) is 0 Å². The molecular weight excluding hydrogens is 473 g/mol. The van der Waals surface area contributed by atoms with Crippen molar-refractivity contribution >= 4 is 21.5 Å². The minimum Gasteiger partial charge on any atom is -0.279 e. The quantitative estimate of drug-likeness (QED) is 0.346. The van der Waals surface area contributed by atoms with Gasteiger partial charge in [-0.1, -0.05) is 35.9 Å². The molecule has 2 aliphatic rings. The molecule has 1 unspecified atom stereocenters. The zero-order valence-corrected chi connectivity index (χ0v) is 18.8. The molecule has 1 aliphatic carbocycles. The van der Waals surface area contributed by atoms with Crippen molar-refractivity contribution in [2.24, 2.45) is 5.41 Å². The first kappa shape index (κ1) is 24.1. The number of ketones is 1. The van der Waals surface area contributed by atoms with Crippen LogP contribution in [-0.4, -0.2) is 41.3 Å². The summed E-state index contributed by atoms with van der Waals surface area (Å²) in [7, 11) is -4.47. The highest BCUT2D eigenvalue weighted by molar-refractivity contribution is 7.89. The number of benzene rings is 2. The largest absolute Gasteiger partial charge is 0.416 e. The van der Waals surface area contributed by atoms with Crippen LogP contribution in [0.4, 0.5) is 18.9 Å². The molecule has 0 radical (unpaired) electrons. The van der Waals surface area contributed by atoms with Crippen LogP contribution in [0, 0.1) is 15.5 Å². The Morgan fingerprint density at radius 1 is 1.12 bits per heavy atom. The number of allylic oxidation sites excluding steroid dienone is 1. The first-order chi connectivity index (χ1) is 15.9. The molecule has 34 heavy (non-hydrogen) atoms. The first-order valence-electron chi connectivity index (χ1n) is 10.6. The number of rotatable bonds is 5. The van der Waals surface area contributed by atoms with Crippen LogP contribution < -0.4 is 0 Å². The van der Waals surface area contributed by atoms with Crippen LogP contribution in [0.5, 0.6) is 0 Å². The Hall–Kier alpha value is -3.05. The normalized spacial score (nSPS) is 21.6. The second-order valence-corrected chi connectivity index (χ2v) is 10.5. The van der Waals surface area contributed by atoms with Gasteiger partial charge in [-0.05, 0) is 37.0 Å². The Morgan fingerprint density at radius 3 is 2.47 bits per heavy atom. The van der Waals surface area contributed by atoms with Gasteiger partial charge in [-0.2, -0.15) is 17.5 Å². The molecule has 1 atom stereocenters. The van der Waals surface area contributed by atoms with Crippen LogP contribution in [0.15, 0.2) is 65.1 Å². The van der Waals surface area contributed by atoms with E-state index in [1.807, 2.05) is 30.3 Å². The van der Waals surface area contributed by atoms with Gasteiger partial charge in [0.05, 0.1) is 16.9 Å². The highest BCUT2D eigenvalue weighted by Crippen LogP contribution is 2.46. The molecule has 1 fully saturated rings. The van der Waals surface area contributed by atoms with Crippen molar-refractivity contribution in [3.05, 3.63) is 81.4 Å². The molecule has 1 aliphatic heterocycles. The Balaban J connectivity index is 1.74. The van der Waals surface area contributed by atoms with E-state index in [2.05, 4.69) is 0 Å². The fourth-order valence-electron chi connectivity index (χ4n) is 4.78. The van der Waals surface area contributed by atoms with E-state index in [9.17, 15) is 36.5 Å². The lowest BCUT2D eigenvalue weighted by Gasteiger charge is -2.45. The highest BCUT2D eigenvalue weighted by Gasteiger charge is 2.47. The van der Waals surface area contributed by atoms with Crippen LogP contribution in [0.3, 0.4) is 0 Å². The van der Waals surface area contributed by atoms with E-state index in [4.69, 9.17) is 0 Å². The number of halogens is 3. The van der Waals surface area contributed by atoms with E-state index in [1.54, 1.807) is 6.08 Å². The smallest absolute Gasteiger partial charge is 0.279 e. The van der Waals surface area contributed by atoms with Crippen LogP contribution in [0.1, 0.15) is 30.4 Å². The first-order valence-corrected chi connectivity index (χ1v) is 12.0. The third-order valence-electron chi connectivity index (χ3n) is 6.48. The van der Waals surface area contributed by atoms with Crippen molar-refractivity contribution in [1.82, 2.24) is 4.31 Å². The maximum absolute atomic E-state index is 13.5. The molecule has 0 bridgehead atoms. The number of hydrogen-bond donors (Lipinski definition) is 0. The summed E-state index contributed by atoms with van der Waals surface area (Å²) in [6, 6.07) is 10.9. The SMILES string of the molecule is O=[N+]([O-])c1cc(C(F)(F)F)ccc1S(=O)(=O)N1CCC2=CC(=[OH+])CCC2(Cc2ccccc2)C1. The molecule has 180 valence electrons. The number of sulfonamides is 1. The number of carbonyl (C=O) groups excluding carboxylic acids is 1. The second kappa shape index (κ2) is 8.62. The van der Waals surface area contributed by atoms with Crippen LogP contribution in [0.2, 0.25) is 0 Å². The number of nitro benzene ring substituents is 1. The summed E-state index contributed by atoms with van der Waals surface area (Å²) < 4.78 is 67.3. The summed E-state index contributed by atoms with van der Waals surface area (Å²) in [6.45, 7) is -0.00230. The average molecular weight is 495 g/mol. The van der Waals surface area contributed by atoms with Gasteiger partial charge in [-0.15, -0.1) is 0 Å². The molecule has 1 saturated heterocycles. The van der Waals surface area contributed by atoms with Gasteiger partial charge in [0.2, 0.25) is 10.0 Å². The van der Waals surface area contributed by atoms with Gasteiger partial charge in [0.15, 0.2) is 4.90 Å². The van der Waals surface area contributed by atoms with E-state index in [0.29, 0.717) is 37.8 Å². The summed E-state index contributed by atoms with van der Waals surface area (Å²) in [5.41, 5.74) is -1.17. The molecule has 0 spiro atoms. The van der Waals surface area contributed by atoms with Crippen molar-refractivity contribution in [3.63, 3.8) is 0 Å². The molecule has 11 heteroatoms. The predicted molar refractivity (Wildman–Crippen MR) is 118 cm³/mol. The third kappa shape index (κ3) is 4.49. The molecule has 4 rings (SSSR count). The van der Waals surface area contributed by atoms with E-state index < -0.39 is 42.7 Å². The molecule has 1 N–H and O–H groups in total. The number of fused-ring (bicyclic) bond motifs is 1. The summed E-state index contributed by atoms with van der Waals surface area (Å²) in [6.07, 6.45) is -1.56. The van der Waals surface area contributed by atoms with Gasteiger partial charge in [-0.3, -0.25) is 14.9 Å². The van der Waals surface area contributed by atoms with Crippen molar-refractivity contribution in [2.75, 3.05) is 13.1 Å². The fourth-order valence-corrected chi connectivity index (χ4v) is 6.44. The predicted octanol–water partition coefficient (Wildman–Crippen LogP) is 4.50. The van der Waals surface area contributed by atoms with E-state index in [-0.39, 0.29) is 24.9 Å². The molecule has 2 aromatic carbocycles. The van der Waals surface area contributed by atoms with Crippen LogP contribution in [0.25, 0.3) is 0 Å². The molecule has 7 nitrogen and oxygen atoms in total. The molecule has 0 aromatic heterocycles. The molecule has 2 aromatic rings. The molecular formula is C23H22F3N2O5S+. The summed E-state index contributed by atoms with van der Waals surface area (Å²) in [5.74, 6) is 0.216. The minimum atomic E-state index is -4.85. The van der Waals surface area contributed by atoms with Gasteiger partial charge < -0.3 is 0 Å². The standard InChI is InChI=1S/C23H21F3N2O5S/c24-23(25,26)18-6-7-21(20(13-18)28(30)31)34(32,33)27-11-9-17-12-19(29)8-10-22(17,15-27)14-16-4-2-1-3-5-16/h1-7,12-13H,8-11,14-15H2/p+1. The Labute approximate surface area is 194 Å².